The molecule has 3 aliphatic rings. The second-order valence-corrected chi connectivity index (χ2v) is 9.96. The highest BCUT2D eigenvalue weighted by molar-refractivity contribution is 7.14. The average molecular weight is 462 g/mol. The molecule has 1 aromatic carbocycles. The maximum atomic E-state index is 13.3. The van der Waals surface area contributed by atoms with Crippen LogP contribution >= 0.6 is 11.3 Å². The third-order valence-corrected chi connectivity index (χ3v) is 7.24. The number of amidine groups is 1. The summed E-state index contributed by atoms with van der Waals surface area (Å²) in [6.07, 6.45) is 7.02. The van der Waals surface area contributed by atoms with Crippen LogP contribution in [-0.4, -0.2) is 46.0 Å². The molecule has 1 unspecified atom stereocenters. The van der Waals surface area contributed by atoms with Crippen molar-refractivity contribution in [1.29, 1.82) is 0 Å². The topological polar surface area (TPSA) is 95.0 Å². The summed E-state index contributed by atoms with van der Waals surface area (Å²) in [6.45, 7) is 5.56. The number of rotatable bonds is 3. The lowest BCUT2D eigenvalue weighted by Crippen LogP contribution is -2.58. The molecule has 0 saturated heterocycles. The average Bonchev–Trinajstić information content (AvgIpc) is 3.31. The van der Waals surface area contributed by atoms with Gasteiger partial charge in [-0.05, 0) is 50.6 Å². The number of aromatic nitrogens is 1. The van der Waals surface area contributed by atoms with Gasteiger partial charge in [-0.2, -0.15) is 4.99 Å². The maximum absolute atomic E-state index is 13.3. The Morgan fingerprint density at radius 1 is 1.18 bits per heavy atom. The van der Waals surface area contributed by atoms with Gasteiger partial charge in [0.2, 0.25) is 5.91 Å². The van der Waals surface area contributed by atoms with E-state index < -0.39 is 11.0 Å². The fraction of sp³-hybridized carbons (Fsp3) is 0.292. The smallest absolute Gasteiger partial charge is 0.252 e. The van der Waals surface area contributed by atoms with Gasteiger partial charge in [0.1, 0.15) is 11.4 Å². The zero-order valence-corrected chi connectivity index (χ0v) is 19.6. The Hall–Kier alpha value is -3.59. The third kappa shape index (κ3) is 3.22. The van der Waals surface area contributed by atoms with Crippen LogP contribution in [0.25, 0.3) is 11.3 Å². The number of fused-ring (bicyclic) bond motifs is 2. The van der Waals surface area contributed by atoms with Gasteiger partial charge in [0.25, 0.3) is 11.8 Å². The minimum absolute atomic E-state index is 0.0276. The second-order valence-electron chi connectivity index (χ2n) is 9.10. The molecule has 33 heavy (non-hydrogen) atoms. The van der Waals surface area contributed by atoms with Gasteiger partial charge in [-0.3, -0.25) is 19.7 Å². The molecule has 0 spiro atoms. The molecule has 3 aliphatic heterocycles. The summed E-state index contributed by atoms with van der Waals surface area (Å²) in [6, 6.07) is 5.85. The number of nitrogens with zero attached hydrogens (tertiary/aromatic N) is 4. The van der Waals surface area contributed by atoms with Crippen LogP contribution in [0.15, 0.2) is 53.0 Å². The van der Waals surface area contributed by atoms with Crippen LogP contribution in [0, 0.1) is 0 Å². The predicted molar refractivity (Wildman–Crippen MR) is 128 cm³/mol. The fourth-order valence-electron chi connectivity index (χ4n) is 4.51. The molecule has 1 atom stereocenters. The first kappa shape index (κ1) is 21.3. The van der Waals surface area contributed by atoms with Gasteiger partial charge in [-0.25, -0.2) is 4.98 Å². The van der Waals surface area contributed by atoms with Crippen molar-refractivity contribution in [2.45, 2.75) is 38.1 Å². The molecule has 0 aliphatic carbocycles. The first-order chi connectivity index (χ1) is 15.6. The van der Waals surface area contributed by atoms with Crippen molar-refractivity contribution in [3.05, 3.63) is 53.6 Å². The lowest BCUT2D eigenvalue weighted by Gasteiger charge is -2.41. The molecule has 4 heterocycles. The molecular formula is C24H23N5O3S. The summed E-state index contributed by atoms with van der Waals surface area (Å²) in [5.74, 6) is -0.155. The number of carbonyl (C=O) groups excluding carboxylic acids is 3. The summed E-state index contributed by atoms with van der Waals surface area (Å²) in [7, 11) is 1.78. The van der Waals surface area contributed by atoms with E-state index in [0.717, 1.165) is 16.8 Å². The van der Waals surface area contributed by atoms with E-state index in [1.54, 1.807) is 48.2 Å². The van der Waals surface area contributed by atoms with E-state index >= 15 is 0 Å². The highest BCUT2D eigenvalue weighted by atomic mass is 32.1. The van der Waals surface area contributed by atoms with E-state index in [1.165, 1.54) is 11.3 Å². The molecule has 1 aromatic heterocycles. The van der Waals surface area contributed by atoms with E-state index in [1.807, 2.05) is 37.4 Å². The number of hydrogen-bond donors (Lipinski definition) is 1. The van der Waals surface area contributed by atoms with Crippen LogP contribution in [0.4, 0.5) is 10.8 Å². The van der Waals surface area contributed by atoms with Crippen LogP contribution < -0.4 is 10.2 Å². The van der Waals surface area contributed by atoms with E-state index in [-0.39, 0.29) is 24.1 Å². The van der Waals surface area contributed by atoms with Gasteiger partial charge in [-0.1, -0.05) is 12.1 Å². The van der Waals surface area contributed by atoms with Gasteiger partial charge >= 0.3 is 0 Å². The SMILES string of the molecule is CN1C(=O)C(C)(C)c2cc(-c3csc(NC(=O)C4(C)CC(=O)N=C5C=CC=CN54)n3)ccc21. The number of likely N-dealkylation sites (N-methyl/N-ethyl adjacent to an activating group) is 1. The molecule has 0 fully saturated rings. The van der Waals surface area contributed by atoms with E-state index in [9.17, 15) is 14.4 Å². The number of thiazole rings is 1. The number of allylic oxidation sites excluding steroid dienone is 2. The third-order valence-electron chi connectivity index (χ3n) is 6.48. The molecule has 0 bridgehead atoms. The van der Waals surface area contributed by atoms with Crippen molar-refractivity contribution in [3.63, 3.8) is 0 Å². The minimum Gasteiger partial charge on any atom is -0.317 e. The Morgan fingerprint density at radius 3 is 2.76 bits per heavy atom. The molecular weight excluding hydrogens is 438 g/mol. The van der Waals surface area contributed by atoms with Crippen LogP contribution in [-0.2, 0) is 19.8 Å². The summed E-state index contributed by atoms with van der Waals surface area (Å²) >= 11 is 1.31. The van der Waals surface area contributed by atoms with Crippen molar-refractivity contribution >= 4 is 45.7 Å². The Balaban J connectivity index is 1.40. The Bertz CT molecular complexity index is 1300. The zero-order chi connectivity index (χ0) is 23.5. The number of anilines is 2. The highest BCUT2D eigenvalue weighted by Gasteiger charge is 2.45. The van der Waals surface area contributed by atoms with Crippen molar-refractivity contribution in [1.82, 2.24) is 9.88 Å². The number of benzene rings is 1. The standard InChI is InChI=1S/C24H23N5O3S/c1-23(2)15-11-14(8-9-17(15)28(4)21(23)32)16-13-33-22(25-16)27-20(31)24(3)12-19(30)26-18-7-5-6-10-29(18)24/h5-11,13H,12H2,1-4H3,(H,25,27,31). The Morgan fingerprint density at radius 2 is 1.97 bits per heavy atom. The van der Waals surface area contributed by atoms with Gasteiger partial charge in [0.15, 0.2) is 5.13 Å². The molecule has 5 rings (SSSR count). The summed E-state index contributed by atoms with van der Waals surface area (Å²) < 4.78 is 0. The van der Waals surface area contributed by atoms with Crippen molar-refractivity contribution in [3.8, 4) is 11.3 Å². The number of hydrogen-bond acceptors (Lipinski definition) is 6. The predicted octanol–water partition coefficient (Wildman–Crippen LogP) is 3.48. The number of nitrogens with one attached hydrogen (secondary N) is 1. The molecule has 0 radical (unpaired) electrons. The quantitative estimate of drug-likeness (QED) is 0.755. The molecule has 2 aromatic rings. The van der Waals surface area contributed by atoms with Gasteiger partial charge in [-0.15, -0.1) is 11.3 Å². The van der Waals surface area contributed by atoms with Crippen LogP contribution in [0.3, 0.4) is 0 Å². The van der Waals surface area contributed by atoms with Crippen LogP contribution in [0.2, 0.25) is 0 Å². The van der Waals surface area contributed by atoms with Crippen molar-refractivity contribution in [2.24, 2.45) is 4.99 Å². The monoisotopic (exact) mass is 461 g/mol. The van der Waals surface area contributed by atoms with Gasteiger partial charge in [0, 0.05) is 29.9 Å². The summed E-state index contributed by atoms with van der Waals surface area (Å²) in [5, 5.41) is 5.19. The lowest BCUT2D eigenvalue weighted by molar-refractivity contribution is -0.130. The lowest BCUT2D eigenvalue weighted by atomic mass is 9.85. The summed E-state index contributed by atoms with van der Waals surface area (Å²) in [4.78, 5) is 50.0. The van der Waals surface area contributed by atoms with Gasteiger partial charge < -0.3 is 9.80 Å². The van der Waals surface area contributed by atoms with Crippen LogP contribution in [0.5, 0.6) is 0 Å². The Kier molecular flexibility index (Phi) is 4.65. The van der Waals surface area contributed by atoms with Crippen molar-refractivity contribution < 1.29 is 14.4 Å². The van der Waals surface area contributed by atoms with Crippen LogP contribution in [0.1, 0.15) is 32.8 Å². The minimum atomic E-state index is -1.11. The van der Waals surface area contributed by atoms with E-state index in [4.69, 9.17) is 0 Å². The number of carbonyl (C=O) groups is 3. The van der Waals surface area contributed by atoms with E-state index in [2.05, 4.69) is 15.3 Å². The fourth-order valence-corrected chi connectivity index (χ4v) is 5.22. The first-order valence-corrected chi connectivity index (χ1v) is 11.4. The molecule has 8 nitrogen and oxygen atoms in total. The molecule has 168 valence electrons. The molecule has 0 saturated carbocycles. The maximum Gasteiger partial charge on any atom is 0.252 e. The number of amides is 3. The van der Waals surface area contributed by atoms with Crippen molar-refractivity contribution in [2.75, 3.05) is 17.3 Å². The molecule has 9 heteroatoms. The molecule has 3 amide bonds. The summed E-state index contributed by atoms with van der Waals surface area (Å²) in [5.41, 5.74) is 1.72. The molecule has 1 N–H and O–H groups in total. The number of aliphatic imine (C=N–C) groups is 1. The Labute approximate surface area is 195 Å². The zero-order valence-electron chi connectivity index (χ0n) is 18.7. The largest absolute Gasteiger partial charge is 0.317 e. The highest BCUT2D eigenvalue weighted by Crippen LogP contribution is 2.42. The first-order valence-electron chi connectivity index (χ1n) is 10.6. The normalized spacial score (nSPS) is 22.8. The van der Waals surface area contributed by atoms with Gasteiger partial charge in [0.05, 0.1) is 17.5 Å². The van der Waals surface area contributed by atoms with E-state index in [0.29, 0.717) is 16.7 Å². The second kappa shape index (κ2) is 7.21.